The summed E-state index contributed by atoms with van der Waals surface area (Å²) in [7, 11) is 1.59. The van der Waals surface area contributed by atoms with Gasteiger partial charge in [-0.3, -0.25) is 14.5 Å². The Kier molecular flexibility index (Phi) is 5.36. The van der Waals surface area contributed by atoms with Crippen molar-refractivity contribution in [1.82, 2.24) is 15.2 Å². The van der Waals surface area contributed by atoms with Crippen LogP contribution in [0.15, 0.2) is 48.5 Å². The molecule has 4 rings (SSSR count). The highest BCUT2D eigenvalue weighted by Gasteiger charge is 2.30. The second-order valence-corrected chi connectivity index (χ2v) is 7.92. The van der Waals surface area contributed by atoms with Crippen molar-refractivity contribution in [2.24, 2.45) is 0 Å². The highest BCUT2D eigenvalue weighted by Crippen LogP contribution is 2.36. The maximum atomic E-state index is 12.6. The highest BCUT2D eigenvalue weighted by atomic mass is 32.1. The smallest absolute Gasteiger partial charge is 0.251 e. The second-order valence-electron chi connectivity index (χ2n) is 6.86. The molecule has 1 aliphatic heterocycles. The Labute approximate surface area is 167 Å². The van der Waals surface area contributed by atoms with Crippen molar-refractivity contribution >= 4 is 39.1 Å². The standard InChI is InChI=1S/C21H22N4O2S/c1-22-20(27)14-6-4-7-15(12-14)23-19(26)13-25-11-5-9-17(25)21-24-16-8-2-3-10-18(16)28-21/h2-4,6-8,10,12,17H,5,9,11,13H2,1H3,(H,22,27)(H,23,26)/t17-/m1/s1. The molecule has 0 saturated carbocycles. The van der Waals surface area contributed by atoms with Crippen LogP contribution in [0.4, 0.5) is 5.69 Å². The molecule has 2 amide bonds. The molecule has 0 bridgehead atoms. The zero-order valence-corrected chi connectivity index (χ0v) is 16.5. The van der Waals surface area contributed by atoms with Crippen LogP contribution >= 0.6 is 11.3 Å². The topological polar surface area (TPSA) is 74.3 Å². The van der Waals surface area contributed by atoms with Crippen LogP contribution in [0, 0.1) is 0 Å². The van der Waals surface area contributed by atoms with E-state index in [0.717, 1.165) is 29.9 Å². The number of rotatable bonds is 5. The van der Waals surface area contributed by atoms with Crippen LogP contribution in [0.3, 0.4) is 0 Å². The van der Waals surface area contributed by atoms with Crippen molar-refractivity contribution < 1.29 is 9.59 Å². The molecule has 144 valence electrons. The Morgan fingerprint density at radius 2 is 2.07 bits per heavy atom. The maximum absolute atomic E-state index is 12.6. The molecule has 2 aromatic carbocycles. The number of hydrogen-bond donors (Lipinski definition) is 2. The van der Waals surface area contributed by atoms with E-state index in [9.17, 15) is 9.59 Å². The van der Waals surface area contributed by atoms with Crippen molar-refractivity contribution in [3.05, 3.63) is 59.1 Å². The summed E-state index contributed by atoms with van der Waals surface area (Å²) < 4.78 is 1.18. The molecule has 1 fully saturated rings. The van der Waals surface area contributed by atoms with E-state index in [1.165, 1.54) is 4.70 Å². The van der Waals surface area contributed by atoms with Gasteiger partial charge in [0.2, 0.25) is 5.91 Å². The number of nitrogens with zero attached hydrogens (tertiary/aromatic N) is 2. The summed E-state index contributed by atoms with van der Waals surface area (Å²) in [6.45, 7) is 1.19. The van der Waals surface area contributed by atoms with Crippen molar-refractivity contribution in [1.29, 1.82) is 0 Å². The lowest BCUT2D eigenvalue weighted by molar-refractivity contribution is -0.117. The highest BCUT2D eigenvalue weighted by molar-refractivity contribution is 7.18. The van der Waals surface area contributed by atoms with Gasteiger partial charge in [0.25, 0.3) is 5.91 Å². The molecule has 1 aromatic heterocycles. The maximum Gasteiger partial charge on any atom is 0.251 e. The van der Waals surface area contributed by atoms with Crippen molar-refractivity contribution in [2.75, 3.05) is 25.5 Å². The number of anilines is 1. The Morgan fingerprint density at radius 1 is 1.21 bits per heavy atom. The van der Waals surface area contributed by atoms with Gasteiger partial charge >= 0.3 is 0 Å². The third-order valence-corrected chi connectivity index (χ3v) is 6.08. The molecule has 0 spiro atoms. The van der Waals surface area contributed by atoms with E-state index in [1.54, 1.807) is 42.6 Å². The van der Waals surface area contributed by atoms with E-state index < -0.39 is 0 Å². The average Bonchev–Trinajstić information content (AvgIpc) is 3.33. The third-order valence-electron chi connectivity index (χ3n) is 4.94. The van der Waals surface area contributed by atoms with Crippen molar-refractivity contribution in [3.63, 3.8) is 0 Å². The summed E-state index contributed by atoms with van der Waals surface area (Å²) in [6, 6.07) is 15.3. The number of amides is 2. The summed E-state index contributed by atoms with van der Waals surface area (Å²) in [6.07, 6.45) is 2.07. The molecule has 3 aromatic rings. The number of nitrogens with one attached hydrogen (secondary N) is 2. The number of carbonyl (C=O) groups excluding carboxylic acids is 2. The predicted molar refractivity (Wildman–Crippen MR) is 112 cm³/mol. The summed E-state index contributed by atoms with van der Waals surface area (Å²) in [5.41, 5.74) is 2.17. The van der Waals surface area contributed by atoms with Gasteiger partial charge < -0.3 is 10.6 Å². The number of benzene rings is 2. The molecule has 28 heavy (non-hydrogen) atoms. The van der Waals surface area contributed by atoms with Gasteiger partial charge in [0, 0.05) is 18.3 Å². The minimum absolute atomic E-state index is 0.0814. The van der Waals surface area contributed by atoms with Crippen LogP contribution in [0.2, 0.25) is 0 Å². The van der Waals surface area contributed by atoms with Gasteiger partial charge in [0.15, 0.2) is 0 Å². The molecular formula is C21H22N4O2S. The molecule has 7 heteroatoms. The Hall–Kier alpha value is -2.77. The fourth-order valence-corrected chi connectivity index (χ4v) is 4.73. The predicted octanol–water partition coefficient (Wildman–Crippen LogP) is 3.43. The van der Waals surface area contributed by atoms with Crippen LogP contribution in [-0.4, -0.2) is 41.8 Å². The largest absolute Gasteiger partial charge is 0.355 e. The zero-order valence-electron chi connectivity index (χ0n) is 15.6. The van der Waals surface area contributed by atoms with Gasteiger partial charge in [-0.2, -0.15) is 0 Å². The van der Waals surface area contributed by atoms with E-state index in [0.29, 0.717) is 17.8 Å². The van der Waals surface area contributed by atoms with E-state index in [-0.39, 0.29) is 17.9 Å². The van der Waals surface area contributed by atoms with Crippen LogP contribution in [0.1, 0.15) is 34.2 Å². The number of aromatic nitrogens is 1. The average molecular weight is 394 g/mol. The lowest BCUT2D eigenvalue weighted by Crippen LogP contribution is -2.33. The third kappa shape index (κ3) is 3.90. The molecule has 0 aliphatic carbocycles. The number of hydrogen-bond acceptors (Lipinski definition) is 5. The molecule has 2 heterocycles. The summed E-state index contributed by atoms with van der Waals surface area (Å²) in [5, 5.41) is 6.58. The summed E-state index contributed by atoms with van der Waals surface area (Å²) >= 11 is 1.71. The summed E-state index contributed by atoms with van der Waals surface area (Å²) in [5.74, 6) is -0.256. The number of thiazole rings is 1. The number of para-hydroxylation sites is 1. The van der Waals surface area contributed by atoms with Crippen LogP contribution in [0.5, 0.6) is 0 Å². The summed E-state index contributed by atoms with van der Waals surface area (Å²) in [4.78, 5) is 31.3. The lowest BCUT2D eigenvalue weighted by Gasteiger charge is -2.22. The normalized spacial score (nSPS) is 17.0. The van der Waals surface area contributed by atoms with Gasteiger partial charge in [-0.1, -0.05) is 18.2 Å². The molecule has 1 aliphatic rings. The first-order chi connectivity index (χ1) is 13.6. The monoisotopic (exact) mass is 394 g/mol. The molecule has 0 unspecified atom stereocenters. The van der Waals surface area contributed by atoms with E-state index in [1.807, 2.05) is 18.2 Å². The zero-order chi connectivity index (χ0) is 19.5. The molecule has 1 atom stereocenters. The first-order valence-electron chi connectivity index (χ1n) is 9.35. The Bertz CT molecular complexity index is 983. The number of carbonyl (C=O) groups is 2. The molecule has 0 radical (unpaired) electrons. The minimum Gasteiger partial charge on any atom is -0.355 e. The minimum atomic E-state index is -0.174. The van der Waals surface area contributed by atoms with Crippen molar-refractivity contribution in [3.8, 4) is 0 Å². The van der Waals surface area contributed by atoms with Crippen LogP contribution < -0.4 is 10.6 Å². The Balaban J connectivity index is 1.44. The molecule has 2 N–H and O–H groups in total. The Morgan fingerprint density at radius 3 is 2.89 bits per heavy atom. The molecular weight excluding hydrogens is 372 g/mol. The lowest BCUT2D eigenvalue weighted by atomic mass is 10.2. The number of fused-ring (bicyclic) bond motifs is 1. The van der Waals surface area contributed by atoms with Gasteiger partial charge in [0.1, 0.15) is 5.01 Å². The SMILES string of the molecule is CNC(=O)c1cccc(NC(=O)CN2CCC[C@@H]2c2nc3ccccc3s2)c1. The van der Waals surface area contributed by atoms with E-state index >= 15 is 0 Å². The van der Waals surface area contributed by atoms with E-state index in [4.69, 9.17) is 4.98 Å². The van der Waals surface area contributed by atoms with Crippen LogP contribution in [0.25, 0.3) is 10.2 Å². The van der Waals surface area contributed by atoms with E-state index in [2.05, 4.69) is 21.6 Å². The fourth-order valence-electron chi connectivity index (χ4n) is 3.60. The second kappa shape index (κ2) is 8.08. The molecule has 1 saturated heterocycles. The van der Waals surface area contributed by atoms with Crippen LogP contribution in [-0.2, 0) is 4.79 Å². The van der Waals surface area contributed by atoms with Gasteiger partial charge in [-0.05, 0) is 49.7 Å². The van der Waals surface area contributed by atoms with Gasteiger partial charge in [-0.15, -0.1) is 11.3 Å². The van der Waals surface area contributed by atoms with Crippen molar-refractivity contribution in [2.45, 2.75) is 18.9 Å². The van der Waals surface area contributed by atoms with Gasteiger partial charge in [-0.25, -0.2) is 4.98 Å². The quantitative estimate of drug-likeness (QED) is 0.695. The number of likely N-dealkylation sites (tertiary alicyclic amines) is 1. The van der Waals surface area contributed by atoms with Gasteiger partial charge in [0.05, 0.1) is 22.8 Å². The first kappa shape index (κ1) is 18.6. The fraction of sp³-hybridized carbons (Fsp3) is 0.286. The first-order valence-corrected chi connectivity index (χ1v) is 10.2. The molecule has 6 nitrogen and oxygen atoms in total.